The van der Waals surface area contributed by atoms with Crippen molar-refractivity contribution < 1.29 is 14.8 Å². The number of benzene rings is 2. The first kappa shape index (κ1) is 14.3. The van der Waals surface area contributed by atoms with Crippen LogP contribution in [0.25, 0.3) is 0 Å². The third-order valence-corrected chi connectivity index (χ3v) is 2.88. The van der Waals surface area contributed by atoms with Crippen LogP contribution in [0.1, 0.15) is 15.9 Å². The number of nitrogens with two attached hydrogens (primary N) is 1. The van der Waals surface area contributed by atoms with Crippen LogP contribution in [0.5, 0.6) is 5.75 Å². The molecular weight excluding hydrogens is 274 g/mol. The molecule has 0 saturated carbocycles. The smallest absolute Gasteiger partial charge is 0.296 e. The van der Waals surface area contributed by atoms with E-state index in [1.807, 2.05) is 0 Å². The van der Waals surface area contributed by atoms with Crippen LogP contribution in [0.4, 0.5) is 17.1 Å². The minimum absolute atomic E-state index is 0.0105. The molecule has 1 amide bonds. The SMILES string of the molecule is Cc1ccc(N)c(C(=O)Nc2ccc(O)cc2[N+](=O)[O-])c1. The maximum atomic E-state index is 12.2. The second-order valence-corrected chi connectivity index (χ2v) is 4.50. The lowest BCUT2D eigenvalue weighted by Crippen LogP contribution is -2.15. The monoisotopic (exact) mass is 287 g/mol. The van der Waals surface area contributed by atoms with Crippen molar-refractivity contribution in [2.45, 2.75) is 6.92 Å². The molecule has 2 rings (SSSR count). The Morgan fingerprint density at radius 2 is 2.00 bits per heavy atom. The van der Waals surface area contributed by atoms with Gasteiger partial charge in [-0.05, 0) is 31.2 Å². The number of amides is 1. The van der Waals surface area contributed by atoms with Gasteiger partial charge in [0, 0.05) is 5.69 Å². The Morgan fingerprint density at radius 3 is 2.67 bits per heavy atom. The van der Waals surface area contributed by atoms with Crippen molar-refractivity contribution in [1.29, 1.82) is 0 Å². The van der Waals surface area contributed by atoms with Crippen LogP contribution in [-0.2, 0) is 0 Å². The zero-order chi connectivity index (χ0) is 15.6. The van der Waals surface area contributed by atoms with Crippen LogP contribution >= 0.6 is 0 Å². The van der Waals surface area contributed by atoms with E-state index < -0.39 is 16.5 Å². The average Bonchev–Trinajstić information content (AvgIpc) is 2.43. The van der Waals surface area contributed by atoms with Crippen LogP contribution < -0.4 is 11.1 Å². The number of nitrogens with one attached hydrogen (secondary N) is 1. The van der Waals surface area contributed by atoms with Crippen LogP contribution in [0.15, 0.2) is 36.4 Å². The quantitative estimate of drug-likeness (QED) is 0.347. The summed E-state index contributed by atoms with van der Waals surface area (Å²) in [7, 11) is 0. The number of anilines is 2. The number of nitro groups is 1. The van der Waals surface area contributed by atoms with E-state index >= 15 is 0 Å². The third kappa shape index (κ3) is 3.08. The number of carbonyl (C=O) groups excluding carboxylic acids is 1. The molecule has 2 aromatic rings. The van der Waals surface area contributed by atoms with E-state index in [-0.39, 0.29) is 22.7 Å². The van der Waals surface area contributed by atoms with E-state index in [0.717, 1.165) is 11.6 Å². The molecule has 0 aromatic heterocycles. The topological polar surface area (TPSA) is 118 Å². The Kier molecular flexibility index (Phi) is 3.75. The Balaban J connectivity index is 2.36. The zero-order valence-electron chi connectivity index (χ0n) is 11.2. The van der Waals surface area contributed by atoms with Gasteiger partial charge in [0.15, 0.2) is 0 Å². The highest BCUT2D eigenvalue weighted by Crippen LogP contribution is 2.29. The first-order chi connectivity index (χ1) is 9.88. The number of rotatable bonds is 3. The maximum absolute atomic E-state index is 12.2. The molecule has 21 heavy (non-hydrogen) atoms. The van der Waals surface area contributed by atoms with E-state index in [1.54, 1.807) is 25.1 Å². The predicted octanol–water partition coefficient (Wildman–Crippen LogP) is 2.44. The number of aromatic hydroxyl groups is 1. The average molecular weight is 287 g/mol. The minimum atomic E-state index is -0.686. The Bertz CT molecular complexity index is 728. The Labute approximate surface area is 120 Å². The highest BCUT2D eigenvalue weighted by Gasteiger charge is 2.18. The number of hydrogen-bond acceptors (Lipinski definition) is 5. The zero-order valence-corrected chi connectivity index (χ0v) is 11.2. The molecule has 0 atom stereocenters. The largest absolute Gasteiger partial charge is 0.508 e. The first-order valence-electron chi connectivity index (χ1n) is 6.03. The number of hydrogen-bond donors (Lipinski definition) is 3. The van der Waals surface area contributed by atoms with Gasteiger partial charge >= 0.3 is 0 Å². The van der Waals surface area contributed by atoms with Crippen molar-refractivity contribution in [3.8, 4) is 5.75 Å². The summed E-state index contributed by atoms with van der Waals surface area (Å²) in [6.45, 7) is 1.80. The molecule has 0 saturated heterocycles. The van der Waals surface area contributed by atoms with Gasteiger partial charge in [0.25, 0.3) is 11.6 Å². The van der Waals surface area contributed by atoms with Gasteiger partial charge in [-0.15, -0.1) is 0 Å². The lowest BCUT2D eigenvalue weighted by Gasteiger charge is -2.09. The van der Waals surface area contributed by atoms with E-state index in [2.05, 4.69) is 5.32 Å². The molecule has 0 aliphatic carbocycles. The van der Waals surface area contributed by atoms with Crippen LogP contribution in [0.3, 0.4) is 0 Å². The van der Waals surface area contributed by atoms with Gasteiger partial charge in [-0.25, -0.2) is 0 Å². The molecule has 2 aromatic carbocycles. The Morgan fingerprint density at radius 1 is 1.29 bits per heavy atom. The van der Waals surface area contributed by atoms with Gasteiger partial charge in [0.05, 0.1) is 16.6 Å². The van der Waals surface area contributed by atoms with Gasteiger partial charge in [-0.3, -0.25) is 14.9 Å². The third-order valence-electron chi connectivity index (χ3n) is 2.88. The van der Waals surface area contributed by atoms with Gasteiger partial charge in [-0.1, -0.05) is 11.6 Å². The summed E-state index contributed by atoms with van der Waals surface area (Å²) in [6.07, 6.45) is 0. The summed E-state index contributed by atoms with van der Waals surface area (Å²) < 4.78 is 0. The van der Waals surface area contributed by atoms with Crippen molar-refractivity contribution in [1.82, 2.24) is 0 Å². The number of nitrogen functional groups attached to an aromatic ring is 1. The molecule has 0 aliphatic rings. The van der Waals surface area contributed by atoms with Crippen molar-refractivity contribution in [2.24, 2.45) is 0 Å². The number of nitrogens with zero attached hydrogens (tertiary/aromatic N) is 1. The molecule has 0 fully saturated rings. The lowest BCUT2D eigenvalue weighted by atomic mass is 10.1. The highest BCUT2D eigenvalue weighted by atomic mass is 16.6. The number of nitro benzene ring substituents is 1. The second-order valence-electron chi connectivity index (χ2n) is 4.50. The van der Waals surface area contributed by atoms with Crippen LogP contribution in [0.2, 0.25) is 0 Å². The summed E-state index contributed by atoms with van der Waals surface area (Å²) in [5, 5.41) is 22.6. The molecule has 7 nitrogen and oxygen atoms in total. The summed E-state index contributed by atoms with van der Waals surface area (Å²) in [5.41, 5.74) is 6.68. The second kappa shape index (κ2) is 5.49. The van der Waals surface area contributed by atoms with E-state index in [1.165, 1.54) is 12.1 Å². The number of phenolic OH excluding ortho intramolecular Hbond substituents is 1. The van der Waals surface area contributed by atoms with Gasteiger partial charge in [0.2, 0.25) is 0 Å². The number of aryl methyl sites for hydroxylation is 1. The summed E-state index contributed by atoms with van der Waals surface area (Å²) >= 11 is 0. The summed E-state index contributed by atoms with van der Waals surface area (Å²) in [5.74, 6) is -0.806. The van der Waals surface area contributed by atoms with Crippen molar-refractivity contribution >= 4 is 23.0 Å². The van der Waals surface area contributed by atoms with E-state index in [0.29, 0.717) is 0 Å². The van der Waals surface area contributed by atoms with Gasteiger partial charge < -0.3 is 16.2 Å². The van der Waals surface area contributed by atoms with Crippen molar-refractivity contribution in [3.05, 3.63) is 57.6 Å². The van der Waals surface area contributed by atoms with Crippen LogP contribution in [-0.4, -0.2) is 15.9 Å². The first-order valence-corrected chi connectivity index (χ1v) is 6.03. The molecule has 0 heterocycles. The molecule has 0 spiro atoms. The fourth-order valence-electron chi connectivity index (χ4n) is 1.83. The molecule has 0 bridgehead atoms. The molecule has 7 heteroatoms. The standard InChI is InChI=1S/C14H13N3O4/c1-8-2-4-11(15)10(6-8)14(19)16-12-5-3-9(18)7-13(12)17(20)21/h2-7,18H,15H2,1H3,(H,16,19). The predicted molar refractivity (Wildman–Crippen MR) is 78.3 cm³/mol. The number of phenols is 1. The molecule has 0 aliphatic heterocycles. The molecule has 0 unspecified atom stereocenters. The fourth-order valence-corrected chi connectivity index (χ4v) is 1.83. The lowest BCUT2D eigenvalue weighted by molar-refractivity contribution is -0.384. The Hall–Kier alpha value is -3.09. The van der Waals surface area contributed by atoms with Crippen molar-refractivity contribution in [3.63, 3.8) is 0 Å². The maximum Gasteiger partial charge on any atom is 0.296 e. The van der Waals surface area contributed by atoms with Crippen molar-refractivity contribution in [2.75, 3.05) is 11.1 Å². The molecular formula is C14H13N3O4. The van der Waals surface area contributed by atoms with E-state index in [9.17, 15) is 20.0 Å². The van der Waals surface area contributed by atoms with E-state index in [4.69, 9.17) is 5.73 Å². The summed E-state index contributed by atoms with van der Waals surface area (Å²) in [4.78, 5) is 22.4. The van der Waals surface area contributed by atoms with Crippen LogP contribution in [0, 0.1) is 17.0 Å². The molecule has 108 valence electrons. The normalized spacial score (nSPS) is 10.1. The van der Waals surface area contributed by atoms with Gasteiger partial charge in [-0.2, -0.15) is 0 Å². The molecule has 4 N–H and O–H groups in total. The summed E-state index contributed by atoms with van der Waals surface area (Å²) in [6, 6.07) is 8.43. The molecule has 0 radical (unpaired) electrons. The van der Waals surface area contributed by atoms with Gasteiger partial charge in [0.1, 0.15) is 11.4 Å². The fraction of sp³-hybridized carbons (Fsp3) is 0.0714. The minimum Gasteiger partial charge on any atom is -0.508 e. The highest BCUT2D eigenvalue weighted by molar-refractivity contribution is 6.08. The number of carbonyl (C=O) groups is 1.